The Morgan fingerprint density at radius 1 is 1.16 bits per heavy atom. The molecule has 0 heterocycles. The van der Waals surface area contributed by atoms with Crippen molar-refractivity contribution in [2.24, 2.45) is 0 Å². The second kappa shape index (κ2) is 6.25. The van der Waals surface area contributed by atoms with Crippen molar-refractivity contribution in [2.75, 3.05) is 14.2 Å². The molecule has 0 spiro atoms. The van der Waals surface area contributed by atoms with Crippen molar-refractivity contribution in [3.8, 4) is 11.5 Å². The summed E-state index contributed by atoms with van der Waals surface area (Å²) in [7, 11) is 3.61. The molecule has 0 amide bonds. The first-order valence-electron chi connectivity index (χ1n) is 6.32. The smallest absolute Gasteiger partial charge is 0.119 e. The SMILES string of the molecule is CNC(Cc1cccc(O)c1)c1cccc(OC)c1. The highest BCUT2D eigenvalue weighted by atomic mass is 16.5. The summed E-state index contributed by atoms with van der Waals surface area (Å²) in [5, 5.41) is 12.8. The van der Waals surface area contributed by atoms with Crippen molar-refractivity contribution >= 4 is 0 Å². The number of hydrogen-bond donors (Lipinski definition) is 2. The van der Waals surface area contributed by atoms with Gasteiger partial charge in [-0.15, -0.1) is 0 Å². The maximum atomic E-state index is 9.51. The zero-order valence-electron chi connectivity index (χ0n) is 11.3. The molecular weight excluding hydrogens is 238 g/mol. The standard InChI is InChI=1S/C16H19NO2/c1-17-16(10-12-5-3-7-14(18)9-12)13-6-4-8-15(11-13)19-2/h3-9,11,16-18H,10H2,1-2H3. The third-order valence-corrected chi connectivity index (χ3v) is 3.20. The Kier molecular flexibility index (Phi) is 4.42. The van der Waals surface area contributed by atoms with E-state index in [9.17, 15) is 5.11 Å². The van der Waals surface area contributed by atoms with E-state index in [2.05, 4.69) is 11.4 Å². The molecule has 0 saturated carbocycles. The lowest BCUT2D eigenvalue weighted by atomic mass is 9.98. The second-order valence-corrected chi connectivity index (χ2v) is 4.49. The summed E-state index contributed by atoms with van der Waals surface area (Å²) in [5.41, 5.74) is 2.27. The van der Waals surface area contributed by atoms with Crippen LogP contribution in [-0.2, 0) is 6.42 Å². The van der Waals surface area contributed by atoms with Gasteiger partial charge in [0, 0.05) is 6.04 Å². The molecule has 0 radical (unpaired) electrons. The number of benzene rings is 2. The quantitative estimate of drug-likeness (QED) is 0.865. The summed E-state index contributed by atoms with van der Waals surface area (Å²) in [6, 6.07) is 15.6. The van der Waals surface area contributed by atoms with Crippen LogP contribution in [0.3, 0.4) is 0 Å². The van der Waals surface area contributed by atoms with E-state index < -0.39 is 0 Å². The van der Waals surface area contributed by atoms with Crippen LogP contribution in [0.15, 0.2) is 48.5 Å². The minimum absolute atomic E-state index is 0.192. The zero-order chi connectivity index (χ0) is 13.7. The molecule has 3 heteroatoms. The molecule has 2 rings (SSSR count). The molecule has 1 unspecified atom stereocenters. The molecule has 0 aliphatic heterocycles. The van der Waals surface area contributed by atoms with E-state index in [1.807, 2.05) is 37.4 Å². The van der Waals surface area contributed by atoms with Crippen molar-refractivity contribution in [1.29, 1.82) is 0 Å². The molecule has 19 heavy (non-hydrogen) atoms. The van der Waals surface area contributed by atoms with Crippen molar-refractivity contribution < 1.29 is 9.84 Å². The van der Waals surface area contributed by atoms with Gasteiger partial charge in [0.05, 0.1) is 7.11 Å². The molecule has 0 aliphatic carbocycles. The Morgan fingerprint density at radius 2 is 1.95 bits per heavy atom. The lowest BCUT2D eigenvalue weighted by Crippen LogP contribution is -2.18. The van der Waals surface area contributed by atoms with E-state index in [1.54, 1.807) is 19.2 Å². The summed E-state index contributed by atoms with van der Waals surface area (Å²) in [6.45, 7) is 0. The molecule has 0 bridgehead atoms. The fourth-order valence-corrected chi connectivity index (χ4v) is 2.16. The summed E-state index contributed by atoms with van der Waals surface area (Å²) in [5.74, 6) is 1.16. The first kappa shape index (κ1) is 13.4. The number of phenolic OH excluding ortho intramolecular Hbond substituents is 1. The number of phenols is 1. The number of nitrogens with one attached hydrogen (secondary N) is 1. The Labute approximate surface area is 113 Å². The van der Waals surface area contributed by atoms with Crippen LogP contribution in [0.4, 0.5) is 0 Å². The average Bonchev–Trinajstić information content (AvgIpc) is 2.45. The average molecular weight is 257 g/mol. The van der Waals surface area contributed by atoms with Crippen LogP contribution < -0.4 is 10.1 Å². The highest BCUT2D eigenvalue weighted by Crippen LogP contribution is 2.23. The van der Waals surface area contributed by atoms with Crippen LogP contribution in [0.25, 0.3) is 0 Å². The van der Waals surface area contributed by atoms with Gasteiger partial charge < -0.3 is 15.2 Å². The fraction of sp³-hybridized carbons (Fsp3) is 0.250. The van der Waals surface area contributed by atoms with Gasteiger partial charge in [-0.2, -0.15) is 0 Å². The highest BCUT2D eigenvalue weighted by Gasteiger charge is 2.11. The maximum Gasteiger partial charge on any atom is 0.119 e. The van der Waals surface area contributed by atoms with Crippen LogP contribution in [0.1, 0.15) is 17.2 Å². The minimum Gasteiger partial charge on any atom is -0.508 e. The predicted octanol–water partition coefficient (Wildman–Crippen LogP) is 2.90. The van der Waals surface area contributed by atoms with E-state index in [1.165, 1.54) is 5.56 Å². The summed E-state index contributed by atoms with van der Waals surface area (Å²) in [6.07, 6.45) is 0.818. The third kappa shape index (κ3) is 3.48. The van der Waals surface area contributed by atoms with Gasteiger partial charge in [-0.05, 0) is 48.9 Å². The predicted molar refractivity (Wildman–Crippen MR) is 76.6 cm³/mol. The summed E-state index contributed by atoms with van der Waals surface area (Å²) >= 11 is 0. The Hall–Kier alpha value is -2.00. The van der Waals surface area contributed by atoms with Gasteiger partial charge in [-0.3, -0.25) is 0 Å². The van der Waals surface area contributed by atoms with E-state index in [4.69, 9.17) is 4.74 Å². The van der Waals surface area contributed by atoms with Gasteiger partial charge in [0.1, 0.15) is 11.5 Å². The summed E-state index contributed by atoms with van der Waals surface area (Å²) < 4.78 is 5.25. The van der Waals surface area contributed by atoms with E-state index in [0.717, 1.165) is 17.7 Å². The van der Waals surface area contributed by atoms with Crippen LogP contribution in [0, 0.1) is 0 Å². The normalized spacial score (nSPS) is 12.1. The topological polar surface area (TPSA) is 41.5 Å². The van der Waals surface area contributed by atoms with Gasteiger partial charge in [0.2, 0.25) is 0 Å². The first-order chi connectivity index (χ1) is 9.22. The Balaban J connectivity index is 2.19. The van der Waals surface area contributed by atoms with Crippen LogP contribution >= 0.6 is 0 Å². The van der Waals surface area contributed by atoms with Gasteiger partial charge in [-0.25, -0.2) is 0 Å². The number of ether oxygens (including phenoxy) is 1. The number of hydrogen-bond acceptors (Lipinski definition) is 3. The number of rotatable bonds is 5. The number of methoxy groups -OCH3 is 1. The van der Waals surface area contributed by atoms with Crippen LogP contribution in [-0.4, -0.2) is 19.3 Å². The molecule has 1 atom stereocenters. The van der Waals surface area contributed by atoms with E-state index in [-0.39, 0.29) is 6.04 Å². The molecule has 0 saturated heterocycles. The highest BCUT2D eigenvalue weighted by molar-refractivity contribution is 5.33. The van der Waals surface area contributed by atoms with Crippen LogP contribution in [0.2, 0.25) is 0 Å². The lowest BCUT2D eigenvalue weighted by molar-refractivity contribution is 0.413. The van der Waals surface area contributed by atoms with Crippen molar-refractivity contribution in [2.45, 2.75) is 12.5 Å². The van der Waals surface area contributed by atoms with E-state index >= 15 is 0 Å². The molecule has 0 aliphatic rings. The van der Waals surface area contributed by atoms with Crippen LogP contribution in [0.5, 0.6) is 11.5 Å². The van der Waals surface area contributed by atoms with Crippen molar-refractivity contribution in [3.63, 3.8) is 0 Å². The molecule has 0 fully saturated rings. The monoisotopic (exact) mass is 257 g/mol. The molecule has 100 valence electrons. The summed E-state index contributed by atoms with van der Waals surface area (Å²) in [4.78, 5) is 0. The molecular formula is C16H19NO2. The second-order valence-electron chi connectivity index (χ2n) is 4.49. The van der Waals surface area contributed by atoms with Crippen molar-refractivity contribution in [3.05, 3.63) is 59.7 Å². The maximum absolute atomic E-state index is 9.51. The minimum atomic E-state index is 0.192. The van der Waals surface area contributed by atoms with Gasteiger partial charge >= 0.3 is 0 Å². The lowest BCUT2D eigenvalue weighted by Gasteiger charge is -2.17. The molecule has 2 aromatic rings. The fourth-order valence-electron chi connectivity index (χ4n) is 2.16. The van der Waals surface area contributed by atoms with Gasteiger partial charge in [0.25, 0.3) is 0 Å². The molecule has 2 N–H and O–H groups in total. The molecule has 2 aromatic carbocycles. The largest absolute Gasteiger partial charge is 0.508 e. The Bertz CT molecular complexity index is 540. The molecule has 3 nitrogen and oxygen atoms in total. The third-order valence-electron chi connectivity index (χ3n) is 3.20. The first-order valence-corrected chi connectivity index (χ1v) is 6.32. The van der Waals surface area contributed by atoms with Crippen molar-refractivity contribution in [1.82, 2.24) is 5.32 Å². The van der Waals surface area contributed by atoms with E-state index in [0.29, 0.717) is 5.75 Å². The number of aromatic hydroxyl groups is 1. The Morgan fingerprint density at radius 3 is 2.63 bits per heavy atom. The molecule has 0 aromatic heterocycles. The zero-order valence-corrected chi connectivity index (χ0v) is 11.3. The number of likely N-dealkylation sites (N-methyl/N-ethyl adjacent to an activating group) is 1. The van der Waals surface area contributed by atoms with Gasteiger partial charge in [0.15, 0.2) is 0 Å². The van der Waals surface area contributed by atoms with Gasteiger partial charge in [-0.1, -0.05) is 24.3 Å².